The van der Waals surface area contributed by atoms with Gasteiger partial charge in [0.25, 0.3) is 0 Å². The summed E-state index contributed by atoms with van der Waals surface area (Å²) < 4.78 is 10.4. The van der Waals surface area contributed by atoms with Crippen molar-refractivity contribution >= 4 is 11.7 Å². The van der Waals surface area contributed by atoms with Crippen molar-refractivity contribution in [1.29, 1.82) is 0 Å². The fourth-order valence-corrected chi connectivity index (χ4v) is 1.97. The molecule has 1 aromatic heterocycles. The van der Waals surface area contributed by atoms with Gasteiger partial charge in [-0.25, -0.2) is 0 Å². The number of carbonyl (C=O) groups is 1. The van der Waals surface area contributed by atoms with Crippen LogP contribution in [-0.2, 0) is 22.6 Å². The molecule has 5 heteroatoms. The highest BCUT2D eigenvalue weighted by atomic mass is 16.5. The summed E-state index contributed by atoms with van der Waals surface area (Å²) in [6.07, 6.45) is 0.188. The number of carbonyl (C=O) groups excluding carboxylic acids is 1. The SMILES string of the molecule is COc1cc(C)nc(COC(=O)Cc2cccc(N)c2)c1. The Morgan fingerprint density at radius 2 is 2.10 bits per heavy atom. The Hall–Kier alpha value is -2.56. The fraction of sp³-hybridized carbons (Fsp3) is 0.250. The summed E-state index contributed by atoms with van der Waals surface area (Å²) >= 11 is 0. The minimum absolute atomic E-state index is 0.124. The lowest BCUT2D eigenvalue weighted by Gasteiger charge is -2.07. The van der Waals surface area contributed by atoms with Crippen LogP contribution < -0.4 is 10.5 Å². The molecule has 0 saturated heterocycles. The number of pyridine rings is 1. The smallest absolute Gasteiger partial charge is 0.310 e. The predicted molar refractivity (Wildman–Crippen MR) is 79.9 cm³/mol. The highest BCUT2D eigenvalue weighted by Gasteiger charge is 2.07. The summed E-state index contributed by atoms with van der Waals surface area (Å²) in [5.74, 6) is 0.382. The Morgan fingerprint density at radius 1 is 1.29 bits per heavy atom. The largest absolute Gasteiger partial charge is 0.497 e. The topological polar surface area (TPSA) is 74.4 Å². The van der Waals surface area contributed by atoms with E-state index < -0.39 is 0 Å². The summed E-state index contributed by atoms with van der Waals surface area (Å²) in [5.41, 5.74) is 8.61. The van der Waals surface area contributed by atoms with Crippen LogP contribution in [0.25, 0.3) is 0 Å². The van der Waals surface area contributed by atoms with Gasteiger partial charge in [-0.3, -0.25) is 9.78 Å². The maximum atomic E-state index is 11.8. The molecule has 2 aromatic rings. The van der Waals surface area contributed by atoms with Gasteiger partial charge in [0, 0.05) is 23.5 Å². The van der Waals surface area contributed by atoms with Gasteiger partial charge in [-0.2, -0.15) is 0 Å². The molecule has 5 nitrogen and oxygen atoms in total. The Balaban J connectivity index is 1.93. The Bertz CT molecular complexity index is 641. The predicted octanol–water partition coefficient (Wildman–Crippen LogP) is 2.27. The molecule has 0 bridgehead atoms. The van der Waals surface area contributed by atoms with E-state index >= 15 is 0 Å². The molecule has 0 amide bonds. The van der Waals surface area contributed by atoms with Crippen molar-refractivity contribution in [3.8, 4) is 5.75 Å². The molecule has 110 valence electrons. The second-order valence-corrected chi connectivity index (χ2v) is 4.72. The molecule has 1 aromatic carbocycles. The minimum atomic E-state index is -0.317. The molecule has 21 heavy (non-hydrogen) atoms. The van der Waals surface area contributed by atoms with Gasteiger partial charge in [0.05, 0.1) is 19.2 Å². The number of methoxy groups -OCH3 is 1. The van der Waals surface area contributed by atoms with Gasteiger partial charge in [-0.05, 0) is 24.6 Å². The second kappa shape index (κ2) is 6.74. The zero-order chi connectivity index (χ0) is 15.2. The average Bonchev–Trinajstić information content (AvgIpc) is 2.44. The monoisotopic (exact) mass is 286 g/mol. The van der Waals surface area contributed by atoms with E-state index in [1.165, 1.54) is 0 Å². The van der Waals surface area contributed by atoms with E-state index in [9.17, 15) is 4.79 Å². The molecule has 2 N–H and O–H groups in total. The van der Waals surface area contributed by atoms with E-state index in [1.807, 2.05) is 25.1 Å². The summed E-state index contributed by atoms with van der Waals surface area (Å²) in [6, 6.07) is 10.8. The normalized spacial score (nSPS) is 10.2. The molecule has 1 heterocycles. The Labute approximate surface area is 123 Å². The molecule has 0 unspecified atom stereocenters. The van der Waals surface area contributed by atoms with E-state index in [4.69, 9.17) is 15.2 Å². The molecule has 0 aliphatic carbocycles. The van der Waals surface area contributed by atoms with Crippen LogP contribution in [0.1, 0.15) is 17.0 Å². The first-order valence-electron chi connectivity index (χ1n) is 6.58. The maximum Gasteiger partial charge on any atom is 0.310 e. The van der Waals surface area contributed by atoms with E-state index in [1.54, 1.807) is 25.3 Å². The van der Waals surface area contributed by atoms with Gasteiger partial charge in [0.2, 0.25) is 0 Å². The molecular formula is C16H18N2O3. The van der Waals surface area contributed by atoms with Crippen molar-refractivity contribution < 1.29 is 14.3 Å². The third kappa shape index (κ3) is 4.49. The first-order valence-corrected chi connectivity index (χ1v) is 6.58. The zero-order valence-electron chi connectivity index (χ0n) is 12.1. The van der Waals surface area contributed by atoms with Gasteiger partial charge in [0.1, 0.15) is 12.4 Å². The number of benzene rings is 1. The van der Waals surface area contributed by atoms with E-state index in [0.29, 0.717) is 17.1 Å². The number of anilines is 1. The molecule has 0 saturated carbocycles. The summed E-state index contributed by atoms with van der Waals surface area (Å²) in [7, 11) is 1.59. The van der Waals surface area contributed by atoms with Crippen molar-refractivity contribution in [2.75, 3.05) is 12.8 Å². The first kappa shape index (κ1) is 14.8. The molecule has 0 atom stereocenters. The highest BCUT2D eigenvalue weighted by molar-refractivity contribution is 5.73. The van der Waals surface area contributed by atoms with E-state index in [0.717, 1.165) is 11.3 Å². The van der Waals surface area contributed by atoms with Crippen LogP contribution in [0.2, 0.25) is 0 Å². The van der Waals surface area contributed by atoms with Crippen molar-refractivity contribution in [3.63, 3.8) is 0 Å². The Morgan fingerprint density at radius 3 is 2.81 bits per heavy atom. The quantitative estimate of drug-likeness (QED) is 0.674. The number of nitrogens with zero attached hydrogens (tertiary/aromatic N) is 1. The lowest BCUT2D eigenvalue weighted by molar-refractivity contribution is -0.144. The third-order valence-electron chi connectivity index (χ3n) is 2.90. The Kier molecular flexibility index (Phi) is 4.77. The molecular weight excluding hydrogens is 268 g/mol. The number of nitrogens with two attached hydrogens (primary N) is 1. The van der Waals surface area contributed by atoms with Gasteiger partial charge >= 0.3 is 5.97 Å². The average molecular weight is 286 g/mol. The number of aromatic nitrogens is 1. The van der Waals surface area contributed by atoms with Crippen LogP contribution in [0.5, 0.6) is 5.75 Å². The van der Waals surface area contributed by atoms with Crippen LogP contribution in [0.15, 0.2) is 36.4 Å². The van der Waals surface area contributed by atoms with Crippen LogP contribution in [0.4, 0.5) is 5.69 Å². The number of ether oxygens (including phenoxy) is 2. The zero-order valence-corrected chi connectivity index (χ0v) is 12.1. The molecule has 0 radical (unpaired) electrons. The number of nitrogen functional groups attached to an aromatic ring is 1. The van der Waals surface area contributed by atoms with Gasteiger partial charge in [-0.15, -0.1) is 0 Å². The maximum absolute atomic E-state index is 11.8. The molecule has 0 aliphatic heterocycles. The van der Waals surface area contributed by atoms with Crippen molar-refractivity contribution in [2.45, 2.75) is 20.0 Å². The number of rotatable bonds is 5. The number of hydrogen-bond donors (Lipinski definition) is 1. The van der Waals surface area contributed by atoms with Crippen LogP contribution in [0.3, 0.4) is 0 Å². The van der Waals surface area contributed by atoms with Crippen molar-refractivity contribution in [2.24, 2.45) is 0 Å². The second-order valence-electron chi connectivity index (χ2n) is 4.72. The van der Waals surface area contributed by atoms with Gasteiger partial charge < -0.3 is 15.2 Å². The fourth-order valence-electron chi connectivity index (χ4n) is 1.97. The van der Waals surface area contributed by atoms with Crippen LogP contribution in [0, 0.1) is 6.92 Å². The summed E-state index contributed by atoms with van der Waals surface area (Å²) in [6.45, 7) is 1.99. The number of esters is 1. The van der Waals surface area contributed by atoms with Crippen LogP contribution in [-0.4, -0.2) is 18.1 Å². The highest BCUT2D eigenvalue weighted by Crippen LogP contribution is 2.14. The van der Waals surface area contributed by atoms with Crippen molar-refractivity contribution in [1.82, 2.24) is 4.98 Å². The lowest BCUT2D eigenvalue weighted by atomic mass is 10.1. The summed E-state index contributed by atoms with van der Waals surface area (Å²) in [5, 5.41) is 0. The molecule has 0 spiro atoms. The molecule has 2 rings (SSSR count). The summed E-state index contributed by atoms with van der Waals surface area (Å²) in [4.78, 5) is 16.1. The molecule has 0 aliphatic rings. The minimum Gasteiger partial charge on any atom is -0.497 e. The lowest BCUT2D eigenvalue weighted by Crippen LogP contribution is -2.09. The standard InChI is InChI=1S/C16H18N2O3/c1-11-6-15(20-2)9-14(18-11)10-21-16(19)8-12-4-3-5-13(17)7-12/h3-7,9H,8,10,17H2,1-2H3. The van der Waals surface area contributed by atoms with E-state index in [-0.39, 0.29) is 19.0 Å². The van der Waals surface area contributed by atoms with Crippen LogP contribution >= 0.6 is 0 Å². The first-order chi connectivity index (χ1) is 10.1. The van der Waals surface area contributed by atoms with Gasteiger partial charge in [-0.1, -0.05) is 12.1 Å². The van der Waals surface area contributed by atoms with E-state index in [2.05, 4.69) is 4.98 Å². The molecule has 0 fully saturated rings. The van der Waals surface area contributed by atoms with Crippen molar-refractivity contribution in [3.05, 3.63) is 53.3 Å². The third-order valence-corrected chi connectivity index (χ3v) is 2.90. The number of aryl methyl sites for hydroxylation is 1. The number of hydrogen-bond acceptors (Lipinski definition) is 5. The van der Waals surface area contributed by atoms with Gasteiger partial charge in [0.15, 0.2) is 0 Å².